The Bertz CT molecular complexity index is 589. The molecular formula is C11H13N7. The third kappa shape index (κ3) is 1.79. The molecule has 0 unspecified atom stereocenters. The molecule has 0 fully saturated rings. The van der Waals surface area contributed by atoms with Crippen molar-refractivity contribution in [2.45, 2.75) is 13.1 Å². The molecule has 0 radical (unpaired) electrons. The van der Waals surface area contributed by atoms with Gasteiger partial charge in [0.15, 0.2) is 5.82 Å². The molecule has 1 aliphatic rings. The van der Waals surface area contributed by atoms with Gasteiger partial charge in [0, 0.05) is 24.8 Å². The fraction of sp³-hybridized carbons (Fsp3) is 0.273. The molecule has 0 saturated heterocycles. The molecule has 0 aliphatic carbocycles. The number of aromatic nitrogens is 4. The lowest BCUT2D eigenvalue weighted by atomic mass is 10.2. The summed E-state index contributed by atoms with van der Waals surface area (Å²) in [6.45, 7) is 2.36. The summed E-state index contributed by atoms with van der Waals surface area (Å²) in [6.07, 6.45) is 3.41. The van der Waals surface area contributed by atoms with Crippen molar-refractivity contribution in [2.24, 2.45) is 5.73 Å². The molecule has 0 amide bonds. The number of pyridine rings is 1. The highest BCUT2D eigenvalue weighted by molar-refractivity contribution is 5.95. The SMILES string of the molecule is N=C(N)c1ccnc(N2CCn3cnnc3C2)c1. The van der Waals surface area contributed by atoms with Gasteiger partial charge in [0.2, 0.25) is 0 Å². The second-order valence-electron chi connectivity index (χ2n) is 4.18. The van der Waals surface area contributed by atoms with Gasteiger partial charge >= 0.3 is 0 Å². The van der Waals surface area contributed by atoms with Gasteiger partial charge in [-0.05, 0) is 12.1 Å². The first-order chi connectivity index (χ1) is 8.74. The number of hydrogen-bond donors (Lipinski definition) is 2. The summed E-state index contributed by atoms with van der Waals surface area (Å²) >= 11 is 0. The van der Waals surface area contributed by atoms with Gasteiger partial charge in [-0.15, -0.1) is 10.2 Å². The van der Waals surface area contributed by atoms with Crippen molar-refractivity contribution in [3.05, 3.63) is 36.0 Å². The maximum atomic E-state index is 7.44. The predicted octanol–water partition coefficient (Wildman–Crippen LogP) is -0.0226. The van der Waals surface area contributed by atoms with Crippen LogP contribution in [0.15, 0.2) is 24.7 Å². The zero-order valence-corrected chi connectivity index (χ0v) is 9.74. The smallest absolute Gasteiger partial charge is 0.152 e. The number of nitrogens with one attached hydrogen (secondary N) is 1. The molecule has 18 heavy (non-hydrogen) atoms. The van der Waals surface area contributed by atoms with Crippen LogP contribution in [0.25, 0.3) is 0 Å². The van der Waals surface area contributed by atoms with E-state index in [9.17, 15) is 0 Å². The van der Waals surface area contributed by atoms with Crippen molar-refractivity contribution in [3.8, 4) is 0 Å². The normalized spacial score (nSPS) is 14.3. The highest BCUT2D eigenvalue weighted by Crippen LogP contribution is 2.18. The lowest BCUT2D eigenvalue weighted by Crippen LogP contribution is -2.34. The zero-order chi connectivity index (χ0) is 12.5. The van der Waals surface area contributed by atoms with Gasteiger partial charge in [0.25, 0.3) is 0 Å². The number of nitrogens with two attached hydrogens (primary N) is 1. The van der Waals surface area contributed by atoms with E-state index in [1.165, 1.54) is 0 Å². The number of fused-ring (bicyclic) bond motifs is 1. The van der Waals surface area contributed by atoms with Crippen LogP contribution < -0.4 is 10.6 Å². The van der Waals surface area contributed by atoms with Crippen LogP contribution in [0.3, 0.4) is 0 Å². The Hall–Kier alpha value is -2.44. The minimum absolute atomic E-state index is 0.0545. The van der Waals surface area contributed by atoms with E-state index >= 15 is 0 Å². The van der Waals surface area contributed by atoms with Gasteiger partial charge in [0.05, 0.1) is 6.54 Å². The monoisotopic (exact) mass is 243 g/mol. The Morgan fingerprint density at radius 1 is 1.39 bits per heavy atom. The molecule has 3 rings (SSSR count). The van der Waals surface area contributed by atoms with Gasteiger partial charge in [0.1, 0.15) is 18.0 Å². The number of hydrogen-bond acceptors (Lipinski definition) is 5. The molecule has 0 aromatic carbocycles. The van der Waals surface area contributed by atoms with Gasteiger partial charge in [-0.2, -0.15) is 0 Å². The van der Waals surface area contributed by atoms with Crippen LogP contribution >= 0.6 is 0 Å². The van der Waals surface area contributed by atoms with Gasteiger partial charge < -0.3 is 15.2 Å². The van der Waals surface area contributed by atoms with E-state index in [1.807, 2.05) is 10.6 Å². The Labute approximate surface area is 104 Å². The van der Waals surface area contributed by atoms with Crippen LogP contribution in [-0.4, -0.2) is 32.1 Å². The lowest BCUT2D eigenvalue weighted by Gasteiger charge is -2.28. The minimum Gasteiger partial charge on any atom is -0.384 e. The van der Waals surface area contributed by atoms with Crippen LogP contribution in [0.4, 0.5) is 5.82 Å². The van der Waals surface area contributed by atoms with Crippen LogP contribution in [-0.2, 0) is 13.1 Å². The maximum absolute atomic E-state index is 7.44. The highest BCUT2D eigenvalue weighted by Gasteiger charge is 2.18. The average Bonchev–Trinajstić information content (AvgIpc) is 2.86. The predicted molar refractivity (Wildman–Crippen MR) is 66.3 cm³/mol. The average molecular weight is 243 g/mol. The van der Waals surface area contributed by atoms with E-state index in [1.54, 1.807) is 18.6 Å². The third-order valence-electron chi connectivity index (χ3n) is 3.02. The first kappa shape index (κ1) is 10.7. The molecule has 0 atom stereocenters. The molecule has 2 aromatic rings. The standard InChI is InChI=1S/C11H13N7/c12-11(13)8-1-2-14-9(5-8)17-3-4-18-7-15-16-10(18)6-17/h1-2,5,7H,3-4,6H2,(H3,12,13). The Morgan fingerprint density at radius 2 is 2.28 bits per heavy atom. The molecule has 7 heteroatoms. The van der Waals surface area contributed by atoms with E-state index in [-0.39, 0.29) is 5.84 Å². The van der Waals surface area contributed by atoms with Crippen LogP contribution in [0.5, 0.6) is 0 Å². The summed E-state index contributed by atoms with van der Waals surface area (Å²) in [5, 5.41) is 15.4. The molecule has 0 bridgehead atoms. The maximum Gasteiger partial charge on any atom is 0.152 e. The Balaban J connectivity index is 1.88. The molecular weight excluding hydrogens is 230 g/mol. The molecule has 3 heterocycles. The van der Waals surface area contributed by atoms with E-state index in [4.69, 9.17) is 11.1 Å². The lowest BCUT2D eigenvalue weighted by molar-refractivity contribution is 0.556. The largest absolute Gasteiger partial charge is 0.384 e. The second kappa shape index (κ2) is 4.10. The topological polar surface area (TPSA) is 96.7 Å². The molecule has 1 aliphatic heterocycles. The summed E-state index contributed by atoms with van der Waals surface area (Å²) in [5.41, 5.74) is 6.17. The Kier molecular flexibility index (Phi) is 2.44. The van der Waals surface area contributed by atoms with Crippen molar-refractivity contribution < 1.29 is 0 Å². The van der Waals surface area contributed by atoms with Crippen molar-refractivity contribution in [1.29, 1.82) is 5.41 Å². The number of nitrogens with zero attached hydrogens (tertiary/aromatic N) is 5. The number of amidine groups is 1. The number of nitrogen functional groups attached to an aromatic ring is 1. The van der Waals surface area contributed by atoms with Gasteiger partial charge in [-0.1, -0.05) is 0 Å². The van der Waals surface area contributed by atoms with Crippen molar-refractivity contribution in [2.75, 3.05) is 11.4 Å². The van der Waals surface area contributed by atoms with E-state index in [2.05, 4.69) is 20.1 Å². The molecule has 2 aromatic heterocycles. The van der Waals surface area contributed by atoms with Gasteiger partial charge in [-0.3, -0.25) is 5.41 Å². The van der Waals surface area contributed by atoms with Crippen LogP contribution in [0, 0.1) is 5.41 Å². The summed E-state index contributed by atoms with van der Waals surface area (Å²) in [4.78, 5) is 6.43. The summed E-state index contributed by atoms with van der Waals surface area (Å²) in [5.74, 6) is 1.80. The number of rotatable bonds is 2. The summed E-state index contributed by atoms with van der Waals surface area (Å²) in [6, 6.07) is 3.56. The fourth-order valence-corrected chi connectivity index (χ4v) is 2.02. The third-order valence-corrected chi connectivity index (χ3v) is 3.02. The first-order valence-corrected chi connectivity index (χ1v) is 5.66. The van der Waals surface area contributed by atoms with Crippen molar-refractivity contribution in [3.63, 3.8) is 0 Å². The van der Waals surface area contributed by atoms with Gasteiger partial charge in [-0.25, -0.2) is 4.98 Å². The molecule has 92 valence electrons. The van der Waals surface area contributed by atoms with Crippen molar-refractivity contribution in [1.82, 2.24) is 19.7 Å². The first-order valence-electron chi connectivity index (χ1n) is 5.66. The highest BCUT2D eigenvalue weighted by atomic mass is 15.3. The number of anilines is 1. The van der Waals surface area contributed by atoms with E-state index in [0.717, 1.165) is 24.7 Å². The second-order valence-corrected chi connectivity index (χ2v) is 4.18. The molecule has 3 N–H and O–H groups in total. The van der Waals surface area contributed by atoms with Crippen LogP contribution in [0.2, 0.25) is 0 Å². The van der Waals surface area contributed by atoms with Crippen LogP contribution in [0.1, 0.15) is 11.4 Å². The quantitative estimate of drug-likeness (QED) is 0.570. The zero-order valence-electron chi connectivity index (χ0n) is 9.74. The van der Waals surface area contributed by atoms with Crippen molar-refractivity contribution >= 4 is 11.7 Å². The summed E-state index contributed by atoms with van der Waals surface area (Å²) in [7, 11) is 0. The minimum atomic E-state index is 0.0545. The fourth-order valence-electron chi connectivity index (χ4n) is 2.02. The Morgan fingerprint density at radius 3 is 3.11 bits per heavy atom. The van der Waals surface area contributed by atoms with E-state index < -0.39 is 0 Å². The molecule has 7 nitrogen and oxygen atoms in total. The molecule has 0 saturated carbocycles. The molecule has 0 spiro atoms. The summed E-state index contributed by atoms with van der Waals surface area (Å²) < 4.78 is 2.03. The van der Waals surface area contributed by atoms with E-state index in [0.29, 0.717) is 12.1 Å².